The van der Waals surface area contributed by atoms with E-state index in [1.54, 1.807) is 0 Å². The Morgan fingerprint density at radius 1 is 0.438 bits per heavy atom. The summed E-state index contributed by atoms with van der Waals surface area (Å²) in [4.78, 5) is 13.2. The number of hydrogen-bond donors (Lipinski definition) is 8. The first-order valence-electron chi connectivity index (χ1n) is 33.7. The van der Waals surface area contributed by atoms with Gasteiger partial charge in [0.15, 0.2) is 6.29 Å². The van der Waals surface area contributed by atoms with E-state index < -0.39 is 74.2 Å². The van der Waals surface area contributed by atoms with Crippen LogP contribution in [0.3, 0.4) is 0 Å². The van der Waals surface area contributed by atoms with Gasteiger partial charge in [0.2, 0.25) is 5.91 Å². The first kappa shape index (κ1) is 75.8. The third kappa shape index (κ3) is 44.3. The van der Waals surface area contributed by atoms with Crippen LogP contribution in [0, 0.1) is 0 Å². The fraction of sp³-hybridized carbons (Fsp3) is 0.841. The maximum atomic E-state index is 13.2. The van der Waals surface area contributed by atoms with Crippen molar-refractivity contribution in [1.29, 1.82) is 0 Å². The lowest BCUT2D eigenvalue weighted by Gasteiger charge is -2.40. The molecule has 468 valence electrons. The second-order valence-electron chi connectivity index (χ2n) is 23.5. The number of aliphatic hydroxyl groups is 7. The zero-order chi connectivity index (χ0) is 58.2. The van der Waals surface area contributed by atoms with E-state index in [-0.39, 0.29) is 12.8 Å². The molecule has 1 amide bonds. The average Bonchev–Trinajstić information content (AvgIpc) is 3.48. The molecule has 80 heavy (non-hydrogen) atoms. The molecule has 0 aliphatic carbocycles. The van der Waals surface area contributed by atoms with E-state index in [0.29, 0.717) is 19.3 Å². The van der Waals surface area contributed by atoms with E-state index >= 15 is 0 Å². The Kier molecular flexibility index (Phi) is 54.3. The topological polar surface area (TPSA) is 189 Å². The summed E-state index contributed by atoms with van der Waals surface area (Å²) in [6.45, 7) is 3.41. The third-order valence-electron chi connectivity index (χ3n) is 16.0. The van der Waals surface area contributed by atoms with Crippen molar-refractivity contribution in [3.05, 3.63) is 60.8 Å². The van der Waals surface area contributed by atoms with Crippen molar-refractivity contribution in [2.75, 3.05) is 13.2 Å². The summed E-state index contributed by atoms with van der Waals surface area (Å²) < 4.78 is 11.1. The SMILES string of the molecule is CCCC/C=C/CC/C=C/CC/C=C/CCCC(O)C(O)C(COC1OC(CO)C(O)C(O)C1O)NC(=O)C(O)CCCCCCCCCCCCCCCCCC/C=C\C/C=C\CCCCCCCCCCCCCCCCC. The quantitative estimate of drug-likeness (QED) is 0.0215. The Bertz CT molecular complexity index is 1480. The lowest BCUT2D eigenvalue weighted by molar-refractivity contribution is -0.303. The minimum Gasteiger partial charge on any atom is -0.394 e. The molecule has 0 radical (unpaired) electrons. The predicted octanol–water partition coefficient (Wildman–Crippen LogP) is 15.7. The molecule has 0 saturated carbocycles. The summed E-state index contributed by atoms with van der Waals surface area (Å²) in [6.07, 6.45) is 64.7. The molecule has 1 saturated heterocycles. The van der Waals surface area contributed by atoms with E-state index in [4.69, 9.17) is 9.47 Å². The Labute approximate surface area is 491 Å². The Balaban J connectivity index is 2.14. The third-order valence-corrected chi connectivity index (χ3v) is 16.0. The number of hydrogen-bond acceptors (Lipinski definition) is 10. The van der Waals surface area contributed by atoms with Crippen molar-refractivity contribution < 1.29 is 50.0 Å². The van der Waals surface area contributed by atoms with E-state index in [2.05, 4.69) is 79.9 Å². The van der Waals surface area contributed by atoms with Crippen molar-refractivity contribution in [2.45, 2.75) is 358 Å². The molecule has 0 aromatic heterocycles. The molecule has 11 nitrogen and oxygen atoms in total. The summed E-state index contributed by atoms with van der Waals surface area (Å²) >= 11 is 0. The number of aliphatic hydroxyl groups excluding tert-OH is 7. The summed E-state index contributed by atoms with van der Waals surface area (Å²) in [5.41, 5.74) is 0. The van der Waals surface area contributed by atoms with Crippen molar-refractivity contribution in [3.63, 3.8) is 0 Å². The van der Waals surface area contributed by atoms with Gasteiger partial charge in [-0.15, -0.1) is 0 Å². The highest BCUT2D eigenvalue weighted by molar-refractivity contribution is 5.80. The van der Waals surface area contributed by atoms with Gasteiger partial charge in [-0.25, -0.2) is 0 Å². The average molecular weight is 1130 g/mol. The largest absolute Gasteiger partial charge is 0.394 e. The van der Waals surface area contributed by atoms with Gasteiger partial charge in [0.05, 0.1) is 25.4 Å². The summed E-state index contributed by atoms with van der Waals surface area (Å²) in [5.74, 6) is -0.712. The van der Waals surface area contributed by atoms with Crippen LogP contribution < -0.4 is 5.32 Å². The molecule has 1 fully saturated rings. The molecular weight excluding hydrogens is 1000 g/mol. The molecule has 0 aromatic carbocycles. The van der Waals surface area contributed by atoms with Gasteiger partial charge in [-0.1, -0.05) is 274 Å². The number of rotatable bonds is 58. The highest BCUT2D eigenvalue weighted by Crippen LogP contribution is 2.24. The Morgan fingerprint density at radius 2 is 0.800 bits per heavy atom. The van der Waals surface area contributed by atoms with Crippen molar-refractivity contribution in [3.8, 4) is 0 Å². The van der Waals surface area contributed by atoms with Gasteiger partial charge in [0.25, 0.3) is 0 Å². The molecule has 1 rings (SSSR count). The lowest BCUT2D eigenvalue weighted by atomic mass is 9.98. The highest BCUT2D eigenvalue weighted by atomic mass is 16.7. The molecule has 8 N–H and O–H groups in total. The normalized spacial score (nSPS) is 19.6. The Morgan fingerprint density at radius 3 is 1.23 bits per heavy atom. The van der Waals surface area contributed by atoms with Gasteiger partial charge in [-0.2, -0.15) is 0 Å². The van der Waals surface area contributed by atoms with Crippen LogP contribution >= 0.6 is 0 Å². The first-order valence-corrected chi connectivity index (χ1v) is 33.7. The predicted molar refractivity (Wildman–Crippen MR) is 334 cm³/mol. The number of nitrogens with one attached hydrogen (secondary N) is 1. The standard InChI is InChI=1S/C69H127NO10/c1-3-5-7-9-11-13-15-17-19-20-21-22-23-24-25-26-27-28-29-30-31-32-33-34-35-36-37-38-39-40-41-43-45-47-49-51-53-55-57-62(73)68(78)70-60(59-79-69-67(77)66(76)65(75)63(58-71)80-69)64(74)61(72)56-54-52-50-48-46-44-42-18-16-14-12-10-8-6-4-2/h10,12,18,27-28,30-31,42,48,50,60-67,69,71-77H,3-9,11,13-17,19-26,29,32-41,43-47,49,51-59H2,1-2H3,(H,70,78)/b12-10+,28-27-,31-30-,42-18+,50-48+. The number of ether oxygens (including phenoxy) is 2. The maximum absolute atomic E-state index is 13.2. The van der Waals surface area contributed by atoms with Gasteiger partial charge in [0.1, 0.15) is 36.6 Å². The van der Waals surface area contributed by atoms with E-state index in [0.717, 1.165) is 57.8 Å². The summed E-state index contributed by atoms with van der Waals surface area (Å²) in [6, 6.07) is -1.20. The number of amides is 1. The molecule has 9 unspecified atom stereocenters. The summed E-state index contributed by atoms with van der Waals surface area (Å²) in [7, 11) is 0. The van der Waals surface area contributed by atoms with Crippen LogP contribution in [0.5, 0.6) is 0 Å². The molecular formula is C69H127NO10. The van der Waals surface area contributed by atoms with E-state index in [9.17, 15) is 40.5 Å². The molecule has 0 spiro atoms. The number of carbonyl (C=O) groups is 1. The maximum Gasteiger partial charge on any atom is 0.249 e. The summed E-state index contributed by atoms with van der Waals surface area (Å²) in [5, 5.41) is 76.2. The van der Waals surface area contributed by atoms with Crippen LogP contribution in [-0.4, -0.2) is 110 Å². The minimum atomic E-state index is -1.67. The second-order valence-corrected chi connectivity index (χ2v) is 23.5. The van der Waals surface area contributed by atoms with Crippen molar-refractivity contribution in [1.82, 2.24) is 5.32 Å². The van der Waals surface area contributed by atoms with Crippen LogP contribution in [0.4, 0.5) is 0 Å². The van der Waals surface area contributed by atoms with Crippen LogP contribution in [0.25, 0.3) is 0 Å². The second kappa shape index (κ2) is 57.3. The zero-order valence-electron chi connectivity index (χ0n) is 51.6. The fourth-order valence-corrected chi connectivity index (χ4v) is 10.6. The molecule has 0 bridgehead atoms. The van der Waals surface area contributed by atoms with E-state index in [1.807, 2.05) is 0 Å². The molecule has 0 aromatic rings. The Hall–Kier alpha value is -2.19. The van der Waals surface area contributed by atoms with Gasteiger partial charge in [-0.05, 0) is 89.9 Å². The molecule has 1 heterocycles. The van der Waals surface area contributed by atoms with E-state index in [1.165, 1.54) is 199 Å². The minimum absolute atomic E-state index is 0.239. The van der Waals surface area contributed by atoms with Crippen LogP contribution in [0.15, 0.2) is 60.8 Å². The molecule has 11 heteroatoms. The van der Waals surface area contributed by atoms with Gasteiger partial charge >= 0.3 is 0 Å². The molecule has 1 aliphatic heterocycles. The molecule has 1 aliphatic rings. The lowest BCUT2D eigenvalue weighted by Crippen LogP contribution is -2.60. The number of allylic oxidation sites excluding steroid dienone is 10. The van der Waals surface area contributed by atoms with Crippen molar-refractivity contribution in [2.24, 2.45) is 0 Å². The van der Waals surface area contributed by atoms with Gasteiger partial charge in [-0.3, -0.25) is 4.79 Å². The van der Waals surface area contributed by atoms with Crippen LogP contribution in [0.2, 0.25) is 0 Å². The van der Waals surface area contributed by atoms with Crippen LogP contribution in [-0.2, 0) is 14.3 Å². The fourth-order valence-electron chi connectivity index (χ4n) is 10.6. The van der Waals surface area contributed by atoms with Gasteiger partial charge < -0.3 is 50.5 Å². The monoisotopic (exact) mass is 1130 g/mol. The first-order chi connectivity index (χ1) is 39.2. The van der Waals surface area contributed by atoms with Gasteiger partial charge in [0, 0.05) is 0 Å². The molecule has 9 atom stereocenters. The highest BCUT2D eigenvalue weighted by Gasteiger charge is 2.44. The zero-order valence-corrected chi connectivity index (χ0v) is 51.6. The van der Waals surface area contributed by atoms with Crippen molar-refractivity contribution >= 4 is 5.91 Å². The smallest absolute Gasteiger partial charge is 0.249 e. The number of unbranched alkanes of at least 4 members (excludes halogenated alkanes) is 36. The number of carbonyl (C=O) groups excluding carboxylic acids is 1. The van der Waals surface area contributed by atoms with Crippen LogP contribution in [0.1, 0.15) is 303 Å².